The Labute approximate surface area is 108 Å². The minimum Gasteiger partial charge on any atom is -0.508 e. The SMILES string of the molecule is CCC(C)(CCO)NC(=O)c1ccc(O)c(C)c1. The van der Waals surface area contributed by atoms with Gasteiger partial charge >= 0.3 is 0 Å². The second-order valence-corrected chi connectivity index (χ2v) is 4.84. The summed E-state index contributed by atoms with van der Waals surface area (Å²) >= 11 is 0. The van der Waals surface area contributed by atoms with Crippen molar-refractivity contribution in [3.8, 4) is 5.75 Å². The number of aliphatic hydroxyl groups excluding tert-OH is 1. The maximum Gasteiger partial charge on any atom is 0.251 e. The molecule has 0 aliphatic carbocycles. The summed E-state index contributed by atoms with van der Waals surface area (Å²) in [4.78, 5) is 12.1. The summed E-state index contributed by atoms with van der Waals surface area (Å²) in [7, 11) is 0. The minimum atomic E-state index is -0.405. The molecule has 100 valence electrons. The van der Waals surface area contributed by atoms with Gasteiger partial charge in [0.25, 0.3) is 5.91 Å². The van der Waals surface area contributed by atoms with Crippen molar-refractivity contribution in [2.45, 2.75) is 39.2 Å². The molecule has 0 aliphatic heterocycles. The van der Waals surface area contributed by atoms with Gasteiger partial charge in [0.2, 0.25) is 0 Å². The van der Waals surface area contributed by atoms with Crippen molar-refractivity contribution in [1.29, 1.82) is 0 Å². The Morgan fingerprint density at radius 2 is 2.11 bits per heavy atom. The molecule has 1 atom stereocenters. The molecule has 0 heterocycles. The van der Waals surface area contributed by atoms with Gasteiger partial charge in [-0.3, -0.25) is 4.79 Å². The van der Waals surface area contributed by atoms with Gasteiger partial charge in [-0.1, -0.05) is 6.92 Å². The van der Waals surface area contributed by atoms with Crippen molar-refractivity contribution in [3.05, 3.63) is 29.3 Å². The van der Waals surface area contributed by atoms with Crippen LogP contribution in [0.5, 0.6) is 5.75 Å². The summed E-state index contributed by atoms with van der Waals surface area (Å²) in [5, 5.41) is 21.4. The van der Waals surface area contributed by atoms with E-state index in [1.807, 2.05) is 13.8 Å². The molecule has 18 heavy (non-hydrogen) atoms. The molecular weight excluding hydrogens is 230 g/mol. The standard InChI is InChI=1S/C14H21NO3/c1-4-14(3,7-8-16)15-13(18)11-5-6-12(17)10(2)9-11/h5-6,9,16-17H,4,7-8H2,1-3H3,(H,15,18). The van der Waals surface area contributed by atoms with Crippen LogP contribution in [0.3, 0.4) is 0 Å². The average molecular weight is 251 g/mol. The second-order valence-electron chi connectivity index (χ2n) is 4.84. The molecule has 1 amide bonds. The number of benzene rings is 1. The fourth-order valence-electron chi connectivity index (χ4n) is 1.72. The summed E-state index contributed by atoms with van der Waals surface area (Å²) in [6.45, 7) is 5.67. The van der Waals surface area contributed by atoms with E-state index in [4.69, 9.17) is 5.11 Å². The van der Waals surface area contributed by atoms with Crippen LogP contribution in [0.4, 0.5) is 0 Å². The highest BCUT2D eigenvalue weighted by Gasteiger charge is 2.24. The molecule has 3 N–H and O–H groups in total. The van der Waals surface area contributed by atoms with Crippen LogP contribution in [-0.4, -0.2) is 28.3 Å². The zero-order valence-electron chi connectivity index (χ0n) is 11.2. The predicted octanol–water partition coefficient (Wildman–Crippen LogP) is 1.98. The molecule has 4 nitrogen and oxygen atoms in total. The summed E-state index contributed by atoms with van der Waals surface area (Å²) in [6, 6.07) is 4.76. The zero-order chi connectivity index (χ0) is 13.8. The van der Waals surface area contributed by atoms with Crippen LogP contribution >= 0.6 is 0 Å². The van der Waals surface area contributed by atoms with Gasteiger partial charge in [-0.15, -0.1) is 0 Å². The smallest absolute Gasteiger partial charge is 0.251 e. The van der Waals surface area contributed by atoms with Crippen LogP contribution in [0.1, 0.15) is 42.6 Å². The number of carbonyl (C=O) groups is 1. The zero-order valence-corrected chi connectivity index (χ0v) is 11.2. The van der Waals surface area contributed by atoms with Gasteiger partial charge in [-0.2, -0.15) is 0 Å². The van der Waals surface area contributed by atoms with E-state index in [1.165, 1.54) is 6.07 Å². The molecule has 0 saturated heterocycles. The van der Waals surface area contributed by atoms with Crippen molar-refractivity contribution in [2.24, 2.45) is 0 Å². The van der Waals surface area contributed by atoms with Crippen molar-refractivity contribution >= 4 is 5.91 Å². The van der Waals surface area contributed by atoms with Crippen LogP contribution in [0.25, 0.3) is 0 Å². The van der Waals surface area contributed by atoms with E-state index < -0.39 is 5.54 Å². The summed E-state index contributed by atoms with van der Waals surface area (Å²) in [6.07, 6.45) is 1.27. The molecule has 0 saturated carbocycles. The first-order chi connectivity index (χ1) is 8.41. The van der Waals surface area contributed by atoms with E-state index in [9.17, 15) is 9.90 Å². The van der Waals surface area contributed by atoms with Crippen LogP contribution in [0, 0.1) is 6.92 Å². The lowest BCUT2D eigenvalue weighted by Gasteiger charge is -2.29. The Bertz CT molecular complexity index is 431. The predicted molar refractivity (Wildman–Crippen MR) is 70.7 cm³/mol. The lowest BCUT2D eigenvalue weighted by molar-refractivity contribution is 0.0886. The fourth-order valence-corrected chi connectivity index (χ4v) is 1.72. The largest absolute Gasteiger partial charge is 0.508 e. The van der Waals surface area contributed by atoms with Gasteiger partial charge in [-0.25, -0.2) is 0 Å². The Balaban J connectivity index is 2.84. The summed E-state index contributed by atoms with van der Waals surface area (Å²) in [5.74, 6) is -0.00365. The van der Waals surface area contributed by atoms with E-state index >= 15 is 0 Å². The first-order valence-electron chi connectivity index (χ1n) is 6.15. The topological polar surface area (TPSA) is 69.6 Å². The second kappa shape index (κ2) is 5.87. The van der Waals surface area contributed by atoms with E-state index in [1.54, 1.807) is 19.1 Å². The van der Waals surface area contributed by atoms with Crippen LogP contribution < -0.4 is 5.32 Å². The number of phenolic OH excluding ortho intramolecular Hbond substituents is 1. The fraction of sp³-hybridized carbons (Fsp3) is 0.500. The Kier molecular flexibility index (Phi) is 4.73. The number of hydrogen-bond acceptors (Lipinski definition) is 3. The number of amides is 1. The molecular formula is C14H21NO3. The van der Waals surface area contributed by atoms with Gasteiger partial charge in [0.1, 0.15) is 5.75 Å². The molecule has 0 fully saturated rings. The molecule has 0 aliphatic rings. The normalized spacial score (nSPS) is 14.0. The molecule has 1 aromatic rings. The number of rotatable bonds is 5. The number of carbonyl (C=O) groups excluding carboxylic acids is 1. The first-order valence-corrected chi connectivity index (χ1v) is 6.15. The molecule has 0 aromatic heterocycles. The highest BCUT2D eigenvalue weighted by atomic mass is 16.3. The number of aliphatic hydroxyl groups is 1. The molecule has 1 aromatic carbocycles. The number of phenols is 1. The van der Waals surface area contributed by atoms with Crippen molar-refractivity contribution in [3.63, 3.8) is 0 Å². The number of hydrogen-bond donors (Lipinski definition) is 3. The third kappa shape index (κ3) is 3.47. The van der Waals surface area contributed by atoms with Gasteiger partial charge in [0.05, 0.1) is 0 Å². The van der Waals surface area contributed by atoms with E-state index in [0.717, 1.165) is 6.42 Å². The lowest BCUT2D eigenvalue weighted by Crippen LogP contribution is -2.46. The Morgan fingerprint density at radius 3 is 2.61 bits per heavy atom. The minimum absolute atomic E-state index is 0.0409. The maximum absolute atomic E-state index is 12.1. The summed E-state index contributed by atoms with van der Waals surface area (Å²) in [5.41, 5.74) is 0.781. The van der Waals surface area contributed by atoms with Gasteiger partial charge in [-0.05, 0) is 50.5 Å². The number of aryl methyl sites for hydroxylation is 1. The van der Waals surface area contributed by atoms with Gasteiger partial charge in [0.15, 0.2) is 0 Å². The molecule has 1 unspecified atom stereocenters. The quantitative estimate of drug-likeness (QED) is 0.749. The third-order valence-electron chi connectivity index (χ3n) is 3.32. The van der Waals surface area contributed by atoms with Crippen LogP contribution in [0.15, 0.2) is 18.2 Å². The molecule has 0 spiro atoms. The van der Waals surface area contributed by atoms with Gasteiger partial charge in [0, 0.05) is 17.7 Å². The molecule has 0 radical (unpaired) electrons. The first kappa shape index (κ1) is 14.5. The van der Waals surface area contributed by atoms with E-state index in [-0.39, 0.29) is 18.3 Å². The number of nitrogens with one attached hydrogen (secondary N) is 1. The highest BCUT2D eigenvalue weighted by Crippen LogP contribution is 2.19. The van der Waals surface area contributed by atoms with Crippen molar-refractivity contribution in [2.75, 3.05) is 6.61 Å². The lowest BCUT2D eigenvalue weighted by atomic mass is 9.94. The van der Waals surface area contributed by atoms with Crippen molar-refractivity contribution < 1.29 is 15.0 Å². The molecule has 0 bridgehead atoms. The Hall–Kier alpha value is -1.55. The molecule has 4 heteroatoms. The highest BCUT2D eigenvalue weighted by molar-refractivity contribution is 5.95. The third-order valence-corrected chi connectivity index (χ3v) is 3.32. The Morgan fingerprint density at radius 1 is 1.44 bits per heavy atom. The monoisotopic (exact) mass is 251 g/mol. The molecule has 1 rings (SSSR count). The average Bonchev–Trinajstić information content (AvgIpc) is 2.32. The van der Waals surface area contributed by atoms with Crippen molar-refractivity contribution in [1.82, 2.24) is 5.32 Å². The summed E-state index contributed by atoms with van der Waals surface area (Å²) < 4.78 is 0. The number of aromatic hydroxyl groups is 1. The van der Waals surface area contributed by atoms with Gasteiger partial charge < -0.3 is 15.5 Å². The van der Waals surface area contributed by atoms with E-state index in [2.05, 4.69) is 5.32 Å². The van der Waals surface area contributed by atoms with Crippen LogP contribution in [0.2, 0.25) is 0 Å². The maximum atomic E-state index is 12.1. The van der Waals surface area contributed by atoms with E-state index in [0.29, 0.717) is 17.5 Å². The van der Waals surface area contributed by atoms with Crippen LogP contribution in [-0.2, 0) is 0 Å².